The Labute approximate surface area is 148 Å². The zero-order chi connectivity index (χ0) is 17.2. The maximum absolute atomic E-state index is 12.7. The van der Waals surface area contributed by atoms with E-state index in [1.54, 1.807) is 12.3 Å². The molecule has 3 fully saturated rings. The van der Waals surface area contributed by atoms with Gasteiger partial charge < -0.3 is 10.2 Å². The highest BCUT2D eigenvalue weighted by Crippen LogP contribution is 2.30. The van der Waals surface area contributed by atoms with Crippen LogP contribution in [0.5, 0.6) is 0 Å². The molecule has 1 aromatic rings. The monoisotopic (exact) mass is 342 g/mol. The van der Waals surface area contributed by atoms with Crippen LogP contribution in [0.1, 0.15) is 42.6 Å². The molecule has 6 nitrogen and oxygen atoms in total. The lowest BCUT2D eigenvalue weighted by atomic mass is 9.98. The first-order valence-corrected chi connectivity index (χ1v) is 9.44. The number of hydrogen-bond acceptors (Lipinski definition) is 4. The van der Waals surface area contributed by atoms with Crippen LogP contribution in [-0.2, 0) is 4.79 Å². The molecule has 4 rings (SSSR count). The van der Waals surface area contributed by atoms with E-state index >= 15 is 0 Å². The number of carbonyl (C=O) groups is 2. The summed E-state index contributed by atoms with van der Waals surface area (Å²) in [6.07, 6.45) is 7.34. The van der Waals surface area contributed by atoms with Crippen molar-refractivity contribution in [3.05, 3.63) is 30.1 Å². The van der Waals surface area contributed by atoms with Crippen LogP contribution >= 0.6 is 0 Å². The van der Waals surface area contributed by atoms with Crippen LogP contribution in [0.2, 0.25) is 0 Å². The summed E-state index contributed by atoms with van der Waals surface area (Å²) in [6, 6.07) is 6.15. The van der Waals surface area contributed by atoms with Crippen molar-refractivity contribution in [3.8, 4) is 0 Å². The molecule has 3 aliphatic rings. The second kappa shape index (κ2) is 7.12. The molecule has 25 heavy (non-hydrogen) atoms. The van der Waals surface area contributed by atoms with Gasteiger partial charge in [-0.3, -0.25) is 19.5 Å². The summed E-state index contributed by atoms with van der Waals surface area (Å²) in [7, 11) is 0. The maximum Gasteiger partial charge on any atom is 0.272 e. The molecule has 6 heteroatoms. The molecule has 2 saturated heterocycles. The van der Waals surface area contributed by atoms with Crippen molar-refractivity contribution >= 4 is 11.8 Å². The number of likely N-dealkylation sites (tertiary alicyclic amines) is 2. The molecule has 0 unspecified atom stereocenters. The minimum atomic E-state index is 0.0102. The van der Waals surface area contributed by atoms with E-state index in [9.17, 15) is 9.59 Å². The quantitative estimate of drug-likeness (QED) is 0.895. The number of carbonyl (C=O) groups excluding carboxylic acids is 2. The average molecular weight is 342 g/mol. The van der Waals surface area contributed by atoms with Gasteiger partial charge in [0.15, 0.2) is 0 Å². The second-order valence-corrected chi connectivity index (χ2v) is 7.56. The topological polar surface area (TPSA) is 65.5 Å². The number of fused-ring (bicyclic) bond motifs is 1. The summed E-state index contributed by atoms with van der Waals surface area (Å²) < 4.78 is 0. The minimum absolute atomic E-state index is 0.0102. The summed E-state index contributed by atoms with van der Waals surface area (Å²) in [6.45, 7) is 2.89. The van der Waals surface area contributed by atoms with E-state index in [1.165, 1.54) is 6.42 Å². The molecular weight excluding hydrogens is 316 g/mol. The Morgan fingerprint density at radius 1 is 1.16 bits per heavy atom. The number of nitrogens with zero attached hydrogens (tertiary/aromatic N) is 3. The molecule has 0 spiro atoms. The molecule has 3 heterocycles. The van der Waals surface area contributed by atoms with Crippen molar-refractivity contribution in [1.82, 2.24) is 20.1 Å². The molecule has 0 aromatic carbocycles. The van der Waals surface area contributed by atoms with Gasteiger partial charge in [-0.2, -0.15) is 0 Å². The van der Waals surface area contributed by atoms with Crippen LogP contribution in [0, 0.1) is 5.92 Å². The van der Waals surface area contributed by atoms with Crippen LogP contribution in [0.15, 0.2) is 24.4 Å². The van der Waals surface area contributed by atoms with E-state index in [0.29, 0.717) is 36.8 Å². The van der Waals surface area contributed by atoms with Gasteiger partial charge in [0.05, 0.1) is 6.54 Å². The van der Waals surface area contributed by atoms with Gasteiger partial charge >= 0.3 is 0 Å². The summed E-state index contributed by atoms with van der Waals surface area (Å²) in [4.78, 5) is 33.4. The number of rotatable bonds is 4. The Morgan fingerprint density at radius 2 is 2.04 bits per heavy atom. The Bertz CT molecular complexity index is 632. The van der Waals surface area contributed by atoms with Crippen molar-refractivity contribution in [2.75, 3.05) is 26.2 Å². The summed E-state index contributed by atoms with van der Waals surface area (Å²) in [5.74, 6) is 0.609. The molecular formula is C19H26N4O2. The molecule has 2 atom stereocenters. The molecule has 1 N–H and O–H groups in total. The molecule has 0 radical (unpaired) electrons. The minimum Gasteiger partial charge on any atom is -0.352 e. The zero-order valence-electron chi connectivity index (χ0n) is 14.6. The third-order valence-corrected chi connectivity index (χ3v) is 5.61. The largest absolute Gasteiger partial charge is 0.352 e. The van der Waals surface area contributed by atoms with Crippen molar-refractivity contribution in [3.63, 3.8) is 0 Å². The van der Waals surface area contributed by atoms with Crippen molar-refractivity contribution in [1.29, 1.82) is 0 Å². The third kappa shape index (κ3) is 3.84. The third-order valence-electron chi connectivity index (χ3n) is 5.61. The second-order valence-electron chi connectivity index (χ2n) is 7.56. The van der Waals surface area contributed by atoms with Gasteiger partial charge in [-0.25, -0.2) is 0 Å². The standard InChI is InChI=1S/C19H26N4O2/c24-18(21-15-7-8-15)13-22-10-4-2-5-14-11-23(12-17(14)22)19(25)16-6-1-3-9-20-16/h1,3,6,9,14-15,17H,2,4-5,7-8,10-13H2,(H,21,24)/t14-,17+/m0/s1. The summed E-state index contributed by atoms with van der Waals surface area (Å²) in [5.41, 5.74) is 0.511. The predicted octanol–water partition coefficient (Wildman–Crippen LogP) is 1.29. The molecule has 1 saturated carbocycles. The van der Waals surface area contributed by atoms with Crippen molar-refractivity contribution < 1.29 is 9.59 Å². The Hall–Kier alpha value is -1.95. The molecule has 2 aliphatic heterocycles. The van der Waals surface area contributed by atoms with Gasteiger partial charge in [-0.05, 0) is 50.3 Å². The van der Waals surface area contributed by atoms with Crippen molar-refractivity contribution in [2.24, 2.45) is 5.92 Å². The average Bonchev–Trinajstić information content (AvgIpc) is 3.37. The highest BCUT2D eigenvalue weighted by molar-refractivity contribution is 5.92. The van der Waals surface area contributed by atoms with E-state index in [1.807, 2.05) is 17.0 Å². The highest BCUT2D eigenvalue weighted by Gasteiger charge is 2.40. The molecule has 1 aromatic heterocycles. The fraction of sp³-hybridized carbons (Fsp3) is 0.632. The van der Waals surface area contributed by atoms with E-state index in [0.717, 1.165) is 38.8 Å². The Balaban J connectivity index is 1.43. The first-order chi connectivity index (χ1) is 12.2. The highest BCUT2D eigenvalue weighted by atomic mass is 16.2. The number of amides is 2. The summed E-state index contributed by atoms with van der Waals surface area (Å²) in [5, 5.41) is 3.09. The van der Waals surface area contributed by atoms with Gasteiger partial charge in [-0.1, -0.05) is 12.5 Å². The first-order valence-electron chi connectivity index (χ1n) is 9.44. The fourth-order valence-corrected chi connectivity index (χ4v) is 4.14. The first kappa shape index (κ1) is 16.5. The lowest BCUT2D eigenvalue weighted by molar-refractivity contribution is -0.123. The Kier molecular flexibility index (Phi) is 4.70. The van der Waals surface area contributed by atoms with Gasteiger partial charge in [0.1, 0.15) is 5.69 Å². The number of aromatic nitrogens is 1. The van der Waals surface area contributed by atoms with Crippen LogP contribution in [0.25, 0.3) is 0 Å². The zero-order valence-corrected chi connectivity index (χ0v) is 14.6. The lowest BCUT2D eigenvalue weighted by Crippen LogP contribution is -2.46. The van der Waals surface area contributed by atoms with Gasteiger partial charge in [0.25, 0.3) is 5.91 Å². The van der Waals surface area contributed by atoms with E-state index in [-0.39, 0.29) is 11.8 Å². The predicted molar refractivity (Wildman–Crippen MR) is 94.0 cm³/mol. The fourth-order valence-electron chi connectivity index (χ4n) is 4.14. The van der Waals surface area contributed by atoms with Gasteiger partial charge in [0, 0.05) is 31.4 Å². The van der Waals surface area contributed by atoms with Crippen LogP contribution in [0.3, 0.4) is 0 Å². The molecule has 134 valence electrons. The van der Waals surface area contributed by atoms with E-state index in [4.69, 9.17) is 0 Å². The van der Waals surface area contributed by atoms with Crippen molar-refractivity contribution in [2.45, 2.75) is 44.2 Å². The number of pyridine rings is 1. The molecule has 1 aliphatic carbocycles. The van der Waals surface area contributed by atoms with E-state index < -0.39 is 0 Å². The van der Waals surface area contributed by atoms with Gasteiger partial charge in [0.2, 0.25) is 5.91 Å². The maximum atomic E-state index is 12.7. The number of nitrogens with one attached hydrogen (secondary N) is 1. The lowest BCUT2D eigenvalue weighted by Gasteiger charge is -2.29. The summed E-state index contributed by atoms with van der Waals surface area (Å²) >= 11 is 0. The van der Waals surface area contributed by atoms with Crippen LogP contribution in [0.4, 0.5) is 0 Å². The smallest absolute Gasteiger partial charge is 0.272 e. The SMILES string of the molecule is O=C(CN1CCCC[C@H]2CN(C(=O)c3ccccn3)C[C@H]21)NC1CC1. The Morgan fingerprint density at radius 3 is 2.80 bits per heavy atom. The van der Waals surface area contributed by atoms with Crippen LogP contribution < -0.4 is 5.32 Å². The molecule has 0 bridgehead atoms. The van der Waals surface area contributed by atoms with Gasteiger partial charge in [-0.15, -0.1) is 0 Å². The molecule has 2 amide bonds. The van der Waals surface area contributed by atoms with Crippen LogP contribution in [-0.4, -0.2) is 64.9 Å². The van der Waals surface area contributed by atoms with E-state index in [2.05, 4.69) is 15.2 Å². The normalized spacial score (nSPS) is 26.8. The number of hydrogen-bond donors (Lipinski definition) is 1.